The molecule has 1 aromatic rings. The minimum absolute atomic E-state index is 0.0209. The van der Waals surface area contributed by atoms with Gasteiger partial charge in [-0.25, -0.2) is 0 Å². The summed E-state index contributed by atoms with van der Waals surface area (Å²) < 4.78 is 0. The minimum atomic E-state index is -0.0209. The van der Waals surface area contributed by atoms with Crippen molar-refractivity contribution in [3.8, 4) is 0 Å². The van der Waals surface area contributed by atoms with Crippen molar-refractivity contribution >= 4 is 5.78 Å². The van der Waals surface area contributed by atoms with Gasteiger partial charge in [0.15, 0.2) is 5.78 Å². The fourth-order valence-corrected chi connectivity index (χ4v) is 1.51. The monoisotopic (exact) mass is 241 g/mol. The second-order valence-electron chi connectivity index (χ2n) is 4.31. The molecule has 1 rings (SSSR count). The Hall–Kier alpha value is -1.96. The quantitative estimate of drug-likeness (QED) is 0.442. The van der Waals surface area contributed by atoms with Gasteiger partial charge in [0.25, 0.3) is 0 Å². The second kappa shape index (κ2) is 6.70. The van der Waals surface area contributed by atoms with Crippen LogP contribution < -0.4 is 0 Å². The molecule has 2 heteroatoms. The van der Waals surface area contributed by atoms with E-state index in [1.54, 1.807) is 24.4 Å². The Bertz CT molecular complexity index is 496. The molecule has 0 unspecified atom stereocenters. The van der Waals surface area contributed by atoms with Gasteiger partial charge in [0.1, 0.15) is 0 Å². The summed E-state index contributed by atoms with van der Waals surface area (Å²) >= 11 is 0. The maximum Gasteiger partial charge on any atom is 0.193 e. The Morgan fingerprint density at radius 1 is 1.44 bits per heavy atom. The van der Waals surface area contributed by atoms with Gasteiger partial charge in [-0.15, -0.1) is 0 Å². The molecule has 0 aliphatic heterocycles. The molecule has 0 N–H and O–H groups in total. The highest BCUT2D eigenvalue weighted by molar-refractivity contribution is 6.10. The van der Waals surface area contributed by atoms with E-state index in [0.717, 1.165) is 5.69 Å². The van der Waals surface area contributed by atoms with Gasteiger partial charge < -0.3 is 0 Å². The van der Waals surface area contributed by atoms with E-state index in [1.807, 2.05) is 25.1 Å². The van der Waals surface area contributed by atoms with Gasteiger partial charge in [0.05, 0.1) is 0 Å². The molecule has 0 spiro atoms. The van der Waals surface area contributed by atoms with Gasteiger partial charge in [-0.3, -0.25) is 9.78 Å². The summed E-state index contributed by atoms with van der Waals surface area (Å²) in [6.45, 7) is 9.70. The summed E-state index contributed by atoms with van der Waals surface area (Å²) in [4.78, 5) is 16.5. The van der Waals surface area contributed by atoms with Gasteiger partial charge in [-0.05, 0) is 25.0 Å². The molecule has 0 bridgehead atoms. The predicted octanol–water partition coefficient (Wildman–Crippen LogP) is 4.08. The predicted molar refractivity (Wildman–Crippen MR) is 75.8 cm³/mol. The zero-order chi connectivity index (χ0) is 13.5. The van der Waals surface area contributed by atoms with E-state index in [0.29, 0.717) is 17.1 Å². The maximum absolute atomic E-state index is 12.3. The van der Waals surface area contributed by atoms with E-state index >= 15 is 0 Å². The first kappa shape index (κ1) is 14.1. The molecule has 1 heterocycles. The van der Waals surface area contributed by atoms with Crippen molar-refractivity contribution in [2.24, 2.45) is 0 Å². The Morgan fingerprint density at radius 2 is 2.17 bits per heavy atom. The van der Waals surface area contributed by atoms with E-state index in [1.165, 1.54) is 0 Å². The summed E-state index contributed by atoms with van der Waals surface area (Å²) in [5, 5.41) is 0. The summed E-state index contributed by atoms with van der Waals surface area (Å²) in [7, 11) is 0. The maximum atomic E-state index is 12.3. The Kier molecular flexibility index (Phi) is 5.25. The number of ketones is 1. The Morgan fingerprint density at radius 3 is 2.72 bits per heavy atom. The van der Waals surface area contributed by atoms with Crippen LogP contribution in [-0.2, 0) is 0 Å². The van der Waals surface area contributed by atoms with E-state index < -0.39 is 0 Å². The number of Topliss-reactive ketones (excluding diaryl/α,β-unsaturated/α-hetero) is 1. The molecule has 0 amide bonds. The van der Waals surface area contributed by atoms with Crippen LogP contribution in [-0.4, -0.2) is 10.8 Å². The lowest BCUT2D eigenvalue weighted by Crippen LogP contribution is -2.04. The standard InChI is InChI=1S/C16H19NO/c1-5-7-8-13(6-2)16(18)14-9-10-17-15(11-14)12(3)4/h5-12H,2H2,1,3-4H3/b7-5-,13-8+. The summed E-state index contributed by atoms with van der Waals surface area (Å²) in [5.74, 6) is 0.289. The average Bonchev–Trinajstić information content (AvgIpc) is 2.39. The summed E-state index contributed by atoms with van der Waals surface area (Å²) in [6, 6.07) is 3.58. The topological polar surface area (TPSA) is 30.0 Å². The van der Waals surface area contributed by atoms with Crippen LogP contribution in [0.5, 0.6) is 0 Å². The molecule has 0 aliphatic carbocycles. The zero-order valence-electron chi connectivity index (χ0n) is 11.2. The largest absolute Gasteiger partial charge is 0.289 e. The number of allylic oxidation sites excluding steroid dienone is 5. The molecule has 94 valence electrons. The Labute approximate surface area is 109 Å². The van der Waals surface area contributed by atoms with Crippen LogP contribution in [0.2, 0.25) is 0 Å². The number of carbonyl (C=O) groups is 1. The minimum Gasteiger partial charge on any atom is -0.289 e. The highest BCUT2D eigenvalue weighted by Gasteiger charge is 2.11. The highest BCUT2D eigenvalue weighted by Crippen LogP contribution is 2.15. The van der Waals surface area contributed by atoms with Crippen LogP contribution >= 0.6 is 0 Å². The van der Waals surface area contributed by atoms with Gasteiger partial charge in [0, 0.05) is 23.0 Å². The van der Waals surface area contributed by atoms with Crippen LogP contribution in [0.3, 0.4) is 0 Å². The highest BCUT2D eigenvalue weighted by atomic mass is 16.1. The lowest BCUT2D eigenvalue weighted by molar-refractivity contribution is 0.103. The van der Waals surface area contributed by atoms with Crippen LogP contribution in [0.15, 0.2) is 54.8 Å². The first-order valence-corrected chi connectivity index (χ1v) is 6.06. The average molecular weight is 241 g/mol. The molecule has 0 saturated heterocycles. The van der Waals surface area contributed by atoms with E-state index in [2.05, 4.69) is 25.4 Å². The SMILES string of the molecule is C=C/C(=C\C=C/C)C(=O)c1ccnc(C(C)C)c1. The van der Waals surface area contributed by atoms with E-state index in [4.69, 9.17) is 0 Å². The van der Waals surface area contributed by atoms with Crippen molar-refractivity contribution in [3.63, 3.8) is 0 Å². The molecule has 1 aromatic heterocycles. The first-order chi connectivity index (χ1) is 8.60. The van der Waals surface area contributed by atoms with Crippen molar-refractivity contribution in [2.45, 2.75) is 26.7 Å². The third-order valence-corrected chi connectivity index (χ3v) is 2.59. The molecule has 0 saturated carbocycles. The number of carbonyl (C=O) groups excluding carboxylic acids is 1. The van der Waals surface area contributed by atoms with Crippen molar-refractivity contribution < 1.29 is 4.79 Å². The normalized spacial score (nSPS) is 12.1. The van der Waals surface area contributed by atoms with Gasteiger partial charge in [-0.2, -0.15) is 0 Å². The van der Waals surface area contributed by atoms with Gasteiger partial charge in [-0.1, -0.05) is 44.7 Å². The molecular weight excluding hydrogens is 222 g/mol. The Balaban J connectivity index is 3.09. The number of hydrogen-bond donors (Lipinski definition) is 0. The number of rotatable bonds is 5. The number of pyridine rings is 1. The van der Waals surface area contributed by atoms with Crippen molar-refractivity contribution in [1.82, 2.24) is 4.98 Å². The van der Waals surface area contributed by atoms with Crippen LogP contribution in [0.1, 0.15) is 42.7 Å². The van der Waals surface area contributed by atoms with Crippen LogP contribution in [0.4, 0.5) is 0 Å². The smallest absolute Gasteiger partial charge is 0.193 e. The van der Waals surface area contributed by atoms with Crippen LogP contribution in [0, 0.1) is 0 Å². The fraction of sp³-hybridized carbons (Fsp3) is 0.250. The third-order valence-electron chi connectivity index (χ3n) is 2.59. The molecule has 0 aromatic carbocycles. The number of hydrogen-bond acceptors (Lipinski definition) is 2. The number of nitrogens with zero attached hydrogens (tertiary/aromatic N) is 1. The lowest BCUT2D eigenvalue weighted by Gasteiger charge is -2.06. The van der Waals surface area contributed by atoms with E-state index in [-0.39, 0.29) is 5.78 Å². The van der Waals surface area contributed by atoms with Crippen molar-refractivity contribution in [1.29, 1.82) is 0 Å². The lowest BCUT2D eigenvalue weighted by atomic mass is 10.0. The second-order valence-corrected chi connectivity index (χ2v) is 4.31. The van der Waals surface area contributed by atoms with Gasteiger partial charge in [0.2, 0.25) is 0 Å². The molecule has 0 fully saturated rings. The molecule has 2 nitrogen and oxygen atoms in total. The fourth-order valence-electron chi connectivity index (χ4n) is 1.51. The van der Waals surface area contributed by atoms with Gasteiger partial charge >= 0.3 is 0 Å². The van der Waals surface area contributed by atoms with Crippen molar-refractivity contribution in [2.75, 3.05) is 0 Å². The first-order valence-electron chi connectivity index (χ1n) is 6.06. The van der Waals surface area contributed by atoms with E-state index in [9.17, 15) is 4.79 Å². The molecule has 0 aliphatic rings. The molecule has 0 radical (unpaired) electrons. The van der Waals surface area contributed by atoms with Crippen molar-refractivity contribution in [3.05, 3.63) is 66.0 Å². The molecular formula is C16H19NO. The molecule has 18 heavy (non-hydrogen) atoms. The zero-order valence-corrected chi connectivity index (χ0v) is 11.2. The summed E-state index contributed by atoms with van der Waals surface area (Å²) in [5.41, 5.74) is 2.17. The van der Waals surface area contributed by atoms with Crippen LogP contribution in [0.25, 0.3) is 0 Å². The third kappa shape index (κ3) is 3.52. The number of aromatic nitrogens is 1. The summed E-state index contributed by atoms with van der Waals surface area (Å²) in [6.07, 6.45) is 8.74. The molecule has 0 atom stereocenters.